The van der Waals surface area contributed by atoms with Gasteiger partial charge in [-0.3, -0.25) is 14.7 Å². The fourth-order valence-electron chi connectivity index (χ4n) is 4.17. The molecule has 1 saturated heterocycles. The van der Waals surface area contributed by atoms with Crippen LogP contribution in [0.25, 0.3) is 0 Å². The average molecular weight is 499 g/mol. The summed E-state index contributed by atoms with van der Waals surface area (Å²) in [6, 6.07) is 8.98. The lowest BCUT2D eigenvalue weighted by Crippen LogP contribution is -2.45. The van der Waals surface area contributed by atoms with Gasteiger partial charge in [-0.15, -0.1) is 24.0 Å². The third-order valence-corrected chi connectivity index (χ3v) is 5.61. The molecule has 156 valence electrons. The van der Waals surface area contributed by atoms with Crippen LogP contribution in [0.2, 0.25) is 0 Å². The van der Waals surface area contributed by atoms with Crippen molar-refractivity contribution in [2.24, 2.45) is 4.99 Å². The summed E-state index contributed by atoms with van der Waals surface area (Å²) in [6.45, 7) is 5.50. The zero-order valence-corrected chi connectivity index (χ0v) is 19.4. The molecule has 3 rings (SSSR count). The summed E-state index contributed by atoms with van der Waals surface area (Å²) < 4.78 is 0. The maximum absolute atomic E-state index is 12.0. The minimum Gasteiger partial charge on any atom is -0.352 e. The Morgan fingerprint density at radius 3 is 2.71 bits per heavy atom. The molecule has 2 fully saturated rings. The van der Waals surface area contributed by atoms with Gasteiger partial charge in [0, 0.05) is 50.9 Å². The van der Waals surface area contributed by atoms with E-state index in [-0.39, 0.29) is 29.9 Å². The molecule has 28 heavy (non-hydrogen) atoms. The summed E-state index contributed by atoms with van der Waals surface area (Å²) in [5.74, 6) is 0.802. The molecule has 0 radical (unpaired) electrons. The number of aliphatic imine (C=N–C) groups is 1. The van der Waals surface area contributed by atoms with Crippen LogP contribution in [0, 0.1) is 0 Å². The zero-order chi connectivity index (χ0) is 19.1. The third-order valence-electron chi connectivity index (χ3n) is 5.61. The molecule has 0 aromatic heterocycles. The molecule has 1 aliphatic heterocycles. The SMILES string of the molecule is CCNC(=O)c1cccc(CNC(=NC)NC2CCN(C3CCCC3)C2)c1.I. The highest BCUT2D eigenvalue weighted by Gasteiger charge is 2.30. The van der Waals surface area contributed by atoms with Crippen LogP contribution in [0.5, 0.6) is 0 Å². The Morgan fingerprint density at radius 2 is 2.00 bits per heavy atom. The van der Waals surface area contributed by atoms with Crippen LogP contribution >= 0.6 is 24.0 Å². The van der Waals surface area contributed by atoms with Crippen molar-refractivity contribution in [1.82, 2.24) is 20.9 Å². The normalized spacial score (nSPS) is 20.6. The molecule has 1 amide bonds. The minimum absolute atomic E-state index is 0. The van der Waals surface area contributed by atoms with Gasteiger partial charge >= 0.3 is 0 Å². The number of benzene rings is 1. The number of amides is 1. The first-order chi connectivity index (χ1) is 13.2. The van der Waals surface area contributed by atoms with Crippen molar-refractivity contribution in [3.05, 3.63) is 35.4 Å². The van der Waals surface area contributed by atoms with Crippen LogP contribution in [-0.4, -0.2) is 55.5 Å². The molecule has 1 aromatic carbocycles. The number of hydrogen-bond acceptors (Lipinski definition) is 3. The predicted molar refractivity (Wildman–Crippen MR) is 125 cm³/mol. The van der Waals surface area contributed by atoms with E-state index in [1.54, 1.807) is 0 Å². The van der Waals surface area contributed by atoms with Crippen molar-refractivity contribution in [2.75, 3.05) is 26.7 Å². The summed E-state index contributed by atoms with van der Waals surface area (Å²) >= 11 is 0. The Labute approximate surface area is 186 Å². The number of likely N-dealkylation sites (tertiary alicyclic amines) is 1. The largest absolute Gasteiger partial charge is 0.352 e. The topological polar surface area (TPSA) is 68.8 Å². The first-order valence-electron chi connectivity index (χ1n) is 10.3. The van der Waals surface area contributed by atoms with E-state index in [1.165, 1.54) is 38.6 Å². The number of carbonyl (C=O) groups excluding carboxylic acids is 1. The number of guanidine groups is 1. The molecule has 3 N–H and O–H groups in total. The Morgan fingerprint density at radius 1 is 1.21 bits per heavy atom. The standard InChI is InChI=1S/C21H33N5O.HI/c1-3-23-20(27)17-8-6-7-16(13-17)14-24-21(22-2)25-18-11-12-26(15-18)19-9-4-5-10-19;/h6-8,13,18-19H,3-5,9-12,14-15H2,1-2H3,(H,23,27)(H2,22,24,25);1H. The van der Waals surface area contributed by atoms with E-state index in [0.29, 0.717) is 24.7 Å². The Bertz CT molecular complexity index is 660. The van der Waals surface area contributed by atoms with Gasteiger partial charge in [0.15, 0.2) is 5.96 Å². The third kappa shape index (κ3) is 6.34. The van der Waals surface area contributed by atoms with Crippen molar-refractivity contribution in [3.8, 4) is 0 Å². The first-order valence-corrected chi connectivity index (χ1v) is 10.3. The molecule has 0 bridgehead atoms. The van der Waals surface area contributed by atoms with Gasteiger partial charge in [0.1, 0.15) is 0 Å². The van der Waals surface area contributed by atoms with E-state index >= 15 is 0 Å². The highest BCUT2D eigenvalue weighted by Crippen LogP contribution is 2.26. The second-order valence-electron chi connectivity index (χ2n) is 7.55. The number of hydrogen-bond donors (Lipinski definition) is 3. The maximum Gasteiger partial charge on any atom is 0.251 e. The van der Waals surface area contributed by atoms with E-state index in [2.05, 4.69) is 25.8 Å². The molecule has 1 heterocycles. The summed E-state index contributed by atoms with van der Waals surface area (Å²) in [6.07, 6.45) is 6.67. The van der Waals surface area contributed by atoms with E-state index in [9.17, 15) is 4.79 Å². The number of rotatable bonds is 6. The monoisotopic (exact) mass is 499 g/mol. The molecular formula is C21H34IN5O. The van der Waals surface area contributed by atoms with Crippen molar-refractivity contribution in [3.63, 3.8) is 0 Å². The van der Waals surface area contributed by atoms with E-state index in [0.717, 1.165) is 24.1 Å². The fraction of sp³-hybridized carbons (Fsp3) is 0.619. The quantitative estimate of drug-likeness (QED) is 0.320. The second-order valence-corrected chi connectivity index (χ2v) is 7.55. The van der Waals surface area contributed by atoms with Gasteiger partial charge in [-0.25, -0.2) is 0 Å². The molecule has 1 aliphatic carbocycles. The van der Waals surface area contributed by atoms with Crippen LogP contribution in [0.15, 0.2) is 29.3 Å². The molecule has 1 atom stereocenters. The van der Waals surface area contributed by atoms with Crippen LogP contribution in [-0.2, 0) is 6.54 Å². The molecule has 1 saturated carbocycles. The molecule has 1 unspecified atom stereocenters. The summed E-state index contributed by atoms with van der Waals surface area (Å²) in [5, 5.41) is 9.79. The molecule has 7 heteroatoms. The Balaban J connectivity index is 0.00000280. The lowest BCUT2D eigenvalue weighted by Gasteiger charge is -2.24. The van der Waals surface area contributed by atoms with E-state index in [1.807, 2.05) is 38.2 Å². The summed E-state index contributed by atoms with van der Waals surface area (Å²) in [4.78, 5) is 19.0. The zero-order valence-electron chi connectivity index (χ0n) is 17.0. The van der Waals surface area contributed by atoms with Gasteiger partial charge in [0.2, 0.25) is 0 Å². The van der Waals surface area contributed by atoms with Crippen LogP contribution in [0.1, 0.15) is 54.9 Å². The van der Waals surface area contributed by atoms with Gasteiger partial charge < -0.3 is 16.0 Å². The van der Waals surface area contributed by atoms with Crippen LogP contribution in [0.4, 0.5) is 0 Å². The van der Waals surface area contributed by atoms with E-state index < -0.39 is 0 Å². The van der Waals surface area contributed by atoms with Crippen LogP contribution < -0.4 is 16.0 Å². The maximum atomic E-state index is 12.0. The predicted octanol–water partition coefficient (Wildman–Crippen LogP) is 2.74. The molecular weight excluding hydrogens is 465 g/mol. The minimum atomic E-state index is -0.0279. The van der Waals surface area contributed by atoms with Gasteiger partial charge in [-0.2, -0.15) is 0 Å². The number of carbonyl (C=O) groups is 1. The number of nitrogens with one attached hydrogen (secondary N) is 3. The second kappa shape index (κ2) is 11.6. The lowest BCUT2D eigenvalue weighted by atomic mass is 10.1. The van der Waals surface area contributed by atoms with Gasteiger partial charge in [-0.1, -0.05) is 25.0 Å². The van der Waals surface area contributed by atoms with E-state index in [4.69, 9.17) is 0 Å². The van der Waals surface area contributed by atoms with Crippen LogP contribution in [0.3, 0.4) is 0 Å². The summed E-state index contributed by atoms with van der Waals surface area (Å²) in [5.41, 5.74) is 1.77. The van der Waals surface area contributed by atoms with Gasteiger partial charge in [0.05, 0.1) is 0 Å². The lowest BCUT2D eigenvalue weighted by molar-refractivity contribution is 0.0955. The fourth-order valence-corrected chi connectivity index (χ4v) is 4.17. The Hall–Kier alpha value is -1.35. The molecule has 2 aliphatic rings. The highest BCUT2D eigenvalue weighted by atomic mass is 127. The number of halogens is 1. The number of nitrogens with zero attached hydrogens (tertiary/aromatic N) is 2. The van der Waals surface area contributed by atoms with Crippen molar-refractivity contribution < 1.29 is 4.79 Å². The van der Waals surface area contributed by atoms with Crippen molar-refractivity contribution >= 4 is 35.8 Å². The van der Waals surface area contributed by atoms with Gasteiger partial charge in [0.25, 0.3) is 5.91 Å². The highest BCUT2D eigenvalue weighted by molar-refractivity contribution is 14.0. The summed E-state index contributed by atoms with van der Waals surface area (Å²) in [7, 11) is 1.81. The van der Waals surface area contributed by atoms with Crippen molar-refractivity contribution in [2.45, 2.75) is 57.7 Å². The molecule has 6 nitrogen and oxygen atoms in total. The Kier molecular flexibility index (Phi) is 9.50. The van der Waals surface area contributed by atoms with Crippen molar-refractivity contribution in [1.29, 1.82) is 0 Å². The smallest absolute Gasteiger partial charge is 0.251 e. The molecule has 0 spiro atoms. The average Bonchev–Trinajstić information content (AvgIpc) is 3.37. The first kappa shape index (κ1) is 22.9. The van der Waals surface area contributed by atoms with Gasteiger partial charge in [-0.05, 0) is 43.9 Å². The molecule has 1 aromatic rings.